The third kappa shape index (κ3) is 2.43. The van der Waals surface area contributed by atoms with Crippen molar-refractivity contribution in [3.63, 3.8) is 0 Å². The van der Waals surface area contributed by atoms with E-state index in [1.54, 1.807) is 0 Å². The van der Waals surface area contributed by atoms with Crippen LogP contribution in [0.5, 0.6) is 0 Å². The summed E-state index contributed by atoms with van der Waals surface area (Å²) in [4.78, 5) is 14.6. The Hall–Kier alpha value is -1.82. The van der Waals surface area contributed by atoms with Crippen LogP contribution in [0.3, 0.4) is 0 Å². The number of nitrogens with zero attached hydrogens (tertiary/aromatic N) is 2. The molecule has 0 spiro atoms. The lowest BCUT2D eigenvalue weighted by atomic mass is 10.0. The van der Waals surface area contributed by atoms with Gasteiger partial charge in [-0.1, -0.05) is 37.1 Å². The summed E-state index contributed by atoms with van der Waals surface area (Å²) in [5, 5.41) is 9.02. The Kier molecular flexibility index (Phi) is 3.73. The van der Waals surface area contributed by atoms with Crippen molar-refractivity contribution in [3.8, 4) is 6.07 Å². The average Bonchev–Trinajstić information content (AvgIpc) is 3.12. The highest BCUT2D eigenvalue weighted by Crippen LogP contribution is 2.30. The van der Waals surface area contributed by atoms with Crippen molar-refractivity contribution < 1.29 is 4.79 Å². The van der Waals surface area contributed by atoms with Gasteiger partial charge in [-0.25, -0.2) is 0 Å². The van der Waals surface area contributed by atoms with Crippen molar-refractivity contribution in [1.82, 2.24) is 4.90 Å². The second kappa shape index (κ2) is 5.66. The predicted molar refractivity (Wildman–Crippen MR) is 76.9 cm³/mol. The molecule has 1 aromatic carbocycles. The first-order valence-electron chi connectivity index (χ1n) is 7.54. The largest absolute Gasteiger partial charge is 0.326 e. The van der Waals surface area contributed by atoms with Crippen LogP contribution in [0.15, 0.2) is 24.3 Å². The number of benzene rings is 1. The smallest absolute Gasteiger partial charge is 0.227 e. The van der Waals surface area contributed by atoms with Crippen LogP contribution >= 0.6 is 0 Å². The number of amides is 1. The Morgan fingerprint density at radius 2 is 1.80 bits per heavy atom. The zero-order valence-electron chi connectivity index (χ0n) is 11.7. The minimum absolute atomic E-state index is 0.0429. The lowest BCUT2D eigenvalue weighted by Gasteiger charge is -2.29. The van der Waals surface area contributed by atoms with Crippen LogP contribution < -0.4 is 0 Å². The lowest BCUT2D eigenvalue weighted by molar-refractivity contribution is -0.136. The fourth-order valence-electron chi connectivity index (χ4n) is 3.65. The molecule has 2 aliphatic carbocycles. The molecule has 104 valence electrons. The quantitative estimate of drug-likeness (QED) is 0.791. The monoisotopic (exact) mass is 268 g/mol. The first-order chi connectivity index (χ1) is 9.79. The molecule has 0 heterocycles. The number of hydrogen-bond donors (Lipinski definition) is 0. The van der Waals surface area contributed by atoms with Gasteiger partial charge in [0.15, 0.2) is 0 Å². The number of hydrogen-bond acceptors (Lipinski definition) is 2. The summed E-state index contributed by atoms with van der Waals surface area (Å²) < 4.78 is 0. The predicted octanol–water partition coefficient (Wildman–Crippen LogP) is 2.70. The molecule has 0 aromatic heterocycles. The third-order valence-electron chi connectivity index (χ3n) is 4.69. The highest BCUT2D eigenvalue weighted by Gasteiger charge is 2.34. The molecular weight excluding hydrogens is 248 g/mol. The number of carbonyl (C=O) groups excluding carboxylic acids is 1. The van der Waals surface area contributed by atoms with Crippen molar-refractivity contribution >= 4 is 5.91 Å². The molecule has 0 atom stereocenters. The Balaban J connectivity index is 1.73. The van der Waals surface area contributed by atoms with Gasteiger partial charge in [0, 0.05) is 12.0 Å². The van der Waals surface area contributed by atoms with Crippen molar-refractivity contribution in [2.45, 2.75) is 44.6 Å². The van der Waals surface area contributed by atoms with Gasteiger partial charge in [0.2, 0.25) is 5.91 Å². The van der Waals surface area contributed by atoms with E-state index in [-0.39, 0.29) is 18.4 Å². The highest BCUT2D eigenvalue weighted by atomic mass is 16.2. The number of fused-ring (bicyclic) bond motifs is 1. The zero-order chi connectivity index (χ0) is 13.9. The van der Waals surface area contributed by atoms with E-state index >= 15 is 0 Å². The normalized spacial score (nSPS) is 18.8. The maximum absolute atomic E-state index is 12.8. The van der Waals surface area contributed by atoms with E-state index in [1.807, 2.05) is 17.0 Å². The van der Waals surface area contributed by atoms with E-state index in [0.29, 0.717) is 6.04 Å². The molecule has 2 aliphatic rings. The number of rotatable bonds is 3. The Labute approximate surface area is 120 Å². The average molecular weight is 268 g/mol. The van der Waals surface area contributed by atoms with Gasteiger partial charge < -0.3 is 4.90 Å². The van der Waals surface area contributed by atoms with Gasteiger partial charge in [0.1, 0.15) is 6.54 Å². The minimum atomic E-state index is 0.0429. The number of nitriles is 1. The molecular formula is C17H20N2O. The van der Waals surface area contributed by atoms with Crippen molar-refractivity contribution in [1.29, 1.82) is 5.26 Å². The Bertz CT molecular complexity index is 515. The molecule has 0 saturated heterocycles. The molecule has 1 fully saturated rings. The van der Waals surface area contributed by atoms with E-state index < -0.39 is 0 Å². The first-order valence-corrected chi connectivity index (χ1v) is 7.54. The van der Waals surface area contributed by atoms with Crippen molar-refractivity contribution in [2.75, 3.05) is 6.54 Å². The summed E-state index contributed by atoms with van der Waals surface area (Å²) in [6.07, 6.45) is 6.17. The summed E-state index contributed by atoms with van der Waals surface area (Å²) in [6, 6.07) is 10.8. The first kappa shape index (κ1) is 13.2. The minimum Gasteiger partial charge on any atom is -0.326 e. The van der Waals surface area contributed by atoms with Crippen molar-refractivity contribution in [3.05, 3.63) is 35.4 Å². The van der Waals surface area contributed by atoms with Gasteiger partial charge in [0.05, 0.1) is 6.07 Å². The van der Waals surface area contributed by atoms with Crippen LogP contribution in [0.2, 0.25) is 0 Å². The molecule has 0 bridgehead atoms. The summed E-state index contributed by atoms with van der Waals surface area (Å²) in [5.74, 6) is 0.232. The summed E-state index contributed by atoms with van der Waals surface area (Å²) in [6.45, 7) is 0.246. The molecule has 3 heteroatoms. The summed E-state index contributed by atoms with van der Waals surface area (Å²) in [7, 11) is 0. The lowest BCUT2D eigenvalue weighted by Crippen LogP contribution is -2.43. The van der Waals surface area contributed by atoms with Crippen LogP contribution in [-0.4, -0.2) is 23.4 Å². The molecule has 1 saturated carbocycles. The van der Waals surface area contributed by atoms with Gasteiger partial charge in [-0.15, -0.1) is 0 Å². The van der Waals surface area contributed by atoms with Crippen LogP contribution in [0.1, 0.15) is 36.8 Å². The SMILES string of the molecule is N#CCN(C(=O)C1Cc2ccccc2C1)C1CCCC1. The van der Waals surface area contributed by atoms with E-state index in [0.717, 1.165) is 25.7 Å². The molecule has 1 aromatic rings. The fraction of sp³-hybridized carbons (Fsp3) is 0.529. The van der Waals surface area contributed by atoms with Gasteiger partial charge in [-0.3, -0.25) is 4.79 Å². The van der Waals surface area contributed by atoms with Gasteiger partial charge in [-0.05, 0) is 36.8 Å². The van der Waals surface area contributed by atoms with Gasteiger partial charge in [-0.2, -0.15) is 5.26 Å². The Morgan fingerprint density at radius 3 is 2.35 bits per heavy atom. The molecule has 0 aliphatic heterocycles. The molecule has 1 amide bonds. The topological polar surface area (TPSA) is 44.1 Å². The van der Waals surface area contributed by atoms with E-state index in [4.69, 9.17) is 5.26 Å². The molecule has 20 heavy (non-hydrogen) atoms. The highest BCUT2D eigenvalue weighted by molar-refractivity contribution is 5.81. The molecule has 3 nitrogen and oxygen atoms in total. The van der Waals surface area contributed by atoms with Crippen LogP contribution in [0.25, 0.3) is 0 Å². The maximum atomic E-state index is 12.8. The van der Waals surface area contributed by atoms with Crippen LogP contribution in [0.4, 0.5) is 0 Å². The molecule has 0 radical (unpaired) electrons. The van der Waals surface area contributed by atoms with E-state index in [1.165, 1.54) is 24.0 Å². The second-order valence-corrected chi connectivity index (χ2v) is 5.94. The standard InChI is InChI=1S/C17H20N2O/c18-9-10-19(16-7-3-4-8-16)17(20)15-11-13-5-1-2-6-14(13)12-15/h1-2,5-6,15-16H,3-4,7-8,10-12H2. The molecule has 3 rings (SSSR count). The second-order valence-electron chi connectivity index (χ2n) is 5.94. The Morgan fingerprint density at radius 1 is 1.20 bits per heavy atom. The third-order valence-corrected chi connectivity index (χ3v) is 4.69. The van der Waals surface area contributed by atoms with Crippen molar-refractivity contribution in [2.24, 2.45) is 5.92 Å². The number of carbonyl (C=O) groups is 1. The van der Waals surface area contributed by atoms with E-state index in [9.17, 15) is 4.79 Å². The van der Waals surface area contributed by atoms with Crippen LogP contribution in [-0.2, 0) is 17.6 Å². The summed E-state index contributed by atoms with van der Waals surface area (Å²) >= 11 is 0. The van der Waals surface area contributed by atoms with Gasteiger partial charge in [0.25, 0.3) is 0 Å². The van der Waals surface area contributed by atoms with Crippen LogP contribution in [0, 0.1) is 17.2 Å². The molecule has 0 N–H and O–H groups in total. The zero-order valence-corrected chi connectivity index (χ0v) is 11.7. The fourth-order valence-corrected chi connectivity index (χ4v) is 3.65. The maximum Gasteiger partial charge on any atom is 0.227 e. The van der Waals surface area contributed by atoms with E-state index in [2.05, 4.69) is 18.2 Å². The summed E-state index contributed by atoms with van der Waals surface area (Å²) in [5.41, 5.74) is 2.60. The molecule has 0 unspecified atom stereocenters. The van der Waals surface area contributed by atoms with Gasteiger partial charge >= 0.3 is 0 Å².